The third-order valence-electron chi connectivity index (χ3n) is 7.25. The van der Waals surface area contributed by atoms with Gasteiger partial charge in [0.2, 0.25) is 0 Å². The minimum Gasteiger partial charge on any atom is -0.495 e. The molecule has 1 saturated heterocycles. The van der Waals surface area contributed by atoms with Crippen LogP contribution in [-0.2, 0) is 0 Å². The average molecular weight is 538 g/mol. The molecule has 2 unspecified atom stereocenters. The molecule has 1 amide bonds. The number of anilines is 1. The number of methoxy groups -OCH3 is 1. The number of aliphatic hydroxyl groups excluding tert-OH is 1. The van der Waals surface area contributed by atoms with E-state index < -0.39 is 6.10 Å². The van der Waals surface area contributed by atoms with Gasteiger partial charge in [-0.15, -0.1) is 12.4 Å². The molecular formula is C30H36ClN3O4. The molecule has 0 saturated carbocycles. The predicted molar refractivity (Wildman–Crippen MR) is 152 cm³/mol. The van der Waals surface area contributed by atoms with E-state index in [2.05, 4.69) is 21.2 Å². The molecule has 5 rings (SSSR count). The van der Waals surface area contributed by atoms with Crippen molar-refractivity contribution in [2.75, 3.05) is 51.3 Å². The first-order chi connectivity index (χ1) is 18.1. The van der Waals surface area contributed by atoms with Gasteiger partial charge in [0.25, 0.3) is 5.91 Å². The number of carbonyl (C=O) groups is 1. The first kappa shape index (κ1) is 27.8. The summed E-state index contributed by atoms with van der Waals surface area (Å²) in [7, 11) is 1.71. The van der Waals surface area contributed by atoms with E-state index in [-0.39, 0.29) is 24.4 Å². The van der Waals surface area contributed by atoms with Gasteiger partial charge >= 0.3 is 0 Å². The number of piperazine rings is 1. The molecule has 8 heteroatoms. The van der Waals surface area contributed by atoms with Crippen LogP contribution < -0.4 is 19.7 Å². The quantitative estimate of drug-likeness (QED) is 0.409. The summed E-state index contributed by atoms with van der Waals surface area (Å²) in [6, 6.07) is 23.4. The number of hydrogen-bond acceptors (Lipinski definition) is 6. The van der Waals surface area contributed by atoms with Crippen LogP contribution in [0.25, 0.3) is 0 Å². The lowest BCUT2D eigenvalue weighted by Gasteiger charge is -2.36. The summed E-state index contributed by atoms with van der Waals surface area (Å²) >= 11 is 0. The van der Waals surface area contributed by atoms with Crippen molar-refractivity contribution in [3.63, 3.8) is 0 Å². The van der Waals surface area contributed by atoms with E-state index in [9.17, 15) is 9.90 Å². The number of fused-ring (bicyclic) bond motifs is 1. The van der Waals surface area contributed by atoms with Gasteiger partial charge in [0.1, 0.15) is 17.6 Å². The van der Waals surface area contributed by atoms with Crippen LogP contribution in [0.3, 0.4) is 0 Å². The Morgan fingerprint density at radius 2 is 1.74 bits per heavy atom. The summed E-state index contributed by atoms with van der Waals surface area (Å²) in [6.45, 7) is 5.37. The van der Waals surface area contributed by atoms with Crippen LogP contribution in [0.2, 0.25) is 0 Å². The van der Waals surface area contributed by atoms with E-state index in [0.717, 1.165) is 56.1 Å². The van der Waals surface area contributed by atoms with Crippen LogP contribution in [-0.4, -0.2) is 62.3 Å². The summed E-state index contributed by atoms with van der Waals surface area (Å²) in [5.41, 5.74) is 3.29. The number of halogens is 1. The van der Waals surface area contributed by atoms with Gasteiger partial charge in [0, 0.05) is 44.7 Å². The first-order valence-electron chi connectivity index (χ1n) is 13.0. The smallest absolute Gasteiger partial charge is 0.255 e. The lowest BCUT2D eigenvalue weighted by Crippen LogP contribution is -2.47. The largest absolute Gasteiger partial charge is 0.495 e. The number of carbonyl (C=O) groups excluding carboxylic acids is 1. The summed E-state index contributed by atoms with van der Waals surface area (Å²) < 4.78 is 11.8. The Labute approximate surface area is 230 Å². The second-order valence-electron chi connectivity index (χ2n) is 9.60. The monoisotopic (exact) mass is 537 g/mol. The van der Waals surface area contributed by atoms with Crippen molar-refractivity contribution in [3.8, 4) is 11.5 Å². The SMILES string of the molecule is COc1ccccc1N1CCN(CCCNC(=O)c2cccc3c2OC(c2ccccc2)CC3O)CC1.Cl. The zero-order valence-corrected chi connectivity index (χ0v) is 22.5. The molecule has 2 N–H and O–H groups in total. The van der Waals surface area contributed by atoms with Crippen LogP contribution in [0.5, 0.6) is 11.5 Å². The van der Waals surface area contributed by atoms with Crippen molar-refractivity contribution in [2.24, 2.45) is 0 Å². The van der Waals surface area contributed by atoms with Crippen molar-refractivity contribution >= 4 is 24.0 Å². The average Bonchev–Trinajstić information content (AvgIpc) is 2.95. The van der Waals surface area contributed by atoms with Crippen LogP contribution >= 0.6 is 12.4 Å². The maximum absolute atomic E-state index is 13.1. The number of aliphatic hydroxyl groups is 1. The molecule has 0 aromatic heterocycles. The zero-order valence-electron chi connectivity index (χ0n) is 21.7. The normalized spacial score (nSPS) is 19.1. The number of nitrogens with zero attached hydrogens (tertiary/aromatic N) is 2. The van der Waals surface area contributed by atoms with E-state index in [4.69, 9.17) is 9.47 Å². The summed E-state index contributed by atoms with van der Waals surface area (Å²) in [6.07, 6.45) is 0.376. The molecule has 38 heavy (non-hydrogen) atoms. The van der Waals surface area contributed by atoms with Gasteiger partial charge in [-0.05, 0) is 36.7 Å². The van der Waals surface area contributed by atoms with Gasteiger partial charge in [-0.2, -0.15) is 0 Å². The van der Waals surface area contributed by atoms with Crippen LogP contribution in [0.15, 0.2) is 72.8 Å². The molecule has 7 nitrogen and oxygen atoms in total. The molecular weight excluding hydrogens is 502 g/mol. The first-order valence-corrected chi connectivity index (χ1v) is 13.0. The fraction of sp³-hybridized carbons (Fsp3) is 0.367. The van der Waals surface area contributed by atoms with E-state index >= 15 is 0 Å². The van der Waals surface area contributed by atoms with Crippen molar-refractivity contribution < 1.29 is 19.4 Å². The Morgan fingerprint density at radius 3 is 2.50 bits per heavy atom. The number of ether oxygens (including phenoxy) is 2. The molecule has 3 aromatic rings. The van der Waals surface area contributed by atoms with Crippen molar-refractivity contribution in [3.05, 3.63) is 89.5 Å². The van der Waals surface area contributed by atoms with Crippen LogP contribution in [0, 0.1) is 0 Å². The molecule has 202 valence electrons. The highest BCUT2D eigenvalue weighted by Crippen LogP contribution is 2.42. The predicted octanol–water partition coefficient (Wildman–Crippen LogP) is 4.62. The molecule has 3 aromatic carbocycles. The van der Waals surface area contributed by atoms with Gasteiger partial charge in [0.15, 0.2) is 0 Å². The molecule has 0 spiro atoms. The molecule has 1 fully saturated rings. The fourth-order valence-electron chi connectivity index (χ4n) is 5.22. The Kier molecular flexibility index (Phi) is 9.50. The van der Waals surface area contributed by atoms with Crippen molar-refractivity contribution in [1.29, 1.82) is 0 Å². The highest BCUT2D eigenvalue weighted by molar-refractivity contribution is 5.97. The topological polar surface area (TPSA) is 74.3 Å². The number of rotatable bonds is 8. The van der Waals surface area contributed by atoms with E-state index in [1.54, 1.807) is 13.2 Å². The van der Waals surface area contributed by atoms with Gasteiger partial charge in [-0.3, -0.25) is 9.69 Å². The molecule has 0 radical (unpaired) electrons. The van der Waals surface area contributed by atoms with Crippen LogP contribution in [0.4, 0.5) is 5.69 Å². The van der Waals surface area contributed by atoms with Gasteiger partial charge in [-0.1, -0.05) is 54.6 Å². The minimum absolute atomic E-state index is 0. The number of amides is 1. The summed E-state index contributed by atoms with van der Waals surface area (Å²) in [5, 5.41) is 13.8. The standard InChI is InChI=1S/C30H35N3O4.ClH/c1-36-27-14-6-5-13-25(27)33-19-17-32(18-20-33)16-8-15-31-30(35)24-12-7-11-23-26(34)21-28(37-29(23)24)22-9-3-2-4-10-22;/h2-7,9-14,26,28,34H,8,15-21H2,1H3,(H,31,35);1H. The van der Waals surface area contributed by atoms with Crippen molar-refractivity contribution in [1.82, 2.24) is 10.2 Å². The van der Waals surface area contributed by atoms with Crippen molar-refractivity contribution in [2.45, 2.75) is 25.0 Å². The Morgan fingerprint density at radius 1 is 1.00 bits per heavy atom. The van der Waals surface area contributed by atoms with Crippen LogP contribution in [0.1, 0.15) is 46.5 Å². The summed E-state index contributed by atoms with van der Waals surface area (Å²) in [5.74, 6) is 1.23. The molecule has 0 bridgehead atoms. The minimum atomic E-state index is -0.670. The Bertz CT molecular complexity index is 1200. The molecule has 2 aliphatic rings. The molecule has 2 aliphatic heterocycles. The lowest BCUT2D eigenvalue weighted by atomic mass is 9.93. The zero-order chi connectivity index (χ0) is 25.6. The third-order valence-corrected chi connectivity index (χ3v) is 7.25. The van der Waals surface area contributed by atoms with Gasteiger partial charge in [0.05, 0.1) is 24.5 Å². The molecule has 2 atom stereocenters. The van der Waals surface area contributed by atoms with Gasteiger partial charge < -0.3 is 24.8 Å². The highest BCUT2D eigenvalue weighted by Gasteiger charge is 2.31. The number of nitrogens with one attached hydrogen (secondary N) is 1. The fourth-order valence-corrected chi connectivity index (χ4v) is 5.22. The maximum Gasteiger partial charge on any atom is 0.255 e. The maximum atomic E-state index is 13.1. The second kappa shape index (κ2) is 13.0. The number of benzene rings is 3. The highest BCUT2D eigenvalue weighted by atomic mass is 35.5. The number of para-hydroxylation sites is 3. The lowest BCUT2D eigenvalue weighted by molar-refractivity contribution is 0.0639. The Hall–Kier alpha value is -3.26. The van der Waals surface area contributed by atoms with E-state index in [1.165, 1.54) is 0 Å². The second-order valence-corrected chi connectivity index (χ2v) is 9.60. The summed E-state index contributed by atoms with van der Waals surface area (Å²) in [4.78, 5) is 17.9. The molecule has 0 aliphatic carbocycles. The van der Waals surface area contributed by atoms with E-state index in [1.807, 2.05) is 60.7 Å². The number of hydrogen-bond donors (Lipinski definition) is 2. The molecule has 2 heterocycles. The van der Waals surface area contributed by atoms with Gasteiger partial charge in [-0.25, -0.2) is 0 Å². The third kappa shape index (κ3) is 6.23. The Balaban J connectivity index is 0.00000336. The van der Waals surface area contributed by atoms with E-state index in [0.29, 0.717) is 29.8 Å².